The van der Waals surface area contributed by atoms with Crippen LogP contribution in [0.2, 0.25) is 0 Å². The van der Waals surface area contributed by atoms with Crippen LogP contribution in [0.15, 0.2) is 24.4 Å². The Bertz CT molecular complexity index is 639. The first kappa shape index (κ1) is 12.0. The fourth-order valence-electron chi connectivity index (χ4n) is 1.98. The maximum absolute atomic E-state index is 11.9. The Morgan fingerprint density at radius 3 is 3.21 bits per heavy atom. The third-order valence-corrected chi connectivity index (χ3v) is 3.86. The van der Waals surface area contributed by atoms with Crippen molar-refractivity contribution in [3.63, 3.8) is 0 Å². The maximum Gasteiger partial charge on any atom is 0.244 e. The molecule has 6 nitrogen and oxygen atoms in total. The van der Waals surface area contributed by atoms with Crippen LogP contribution in [0.1, 0.15) is 0 Å². The second kappa shape index (κ2) is 4.93. The lowest BCUT2D eigenvalue weighted by molar-refractivity contribution is -0.130. The summed E-state index contributed by atoms with van der Waals surface area (Å²) in [6.07, 6.45) is 1.70. The van der Waals surface area contributed by atoms with Crippen LogP contribution in [0.4, 0.5) is 5.69 Å². The number of H-pyrrole nitrogens is 1. The molecule has 1 fully saturated rings. The average molecular weight is 276 g/mol. The van der Waals surface area contributed by atoms with E-state index in [9.17, 15) is 9.59 Å². The highest BCUT2D eigenvalue weighted by Crippen LogP contribution is 2.20. The standard InChI is InChI=1S/C12H12N4O2S/c17-10(5-16-7-19-6-11(16)18)14-9-3-1-2-8-4-13-15-12(8)9/h1-4H,5-7H2,(H,13,15)(H,14,17). The molecule has 0 saturated carbocycles. The van der Waals surface area contributed by atoms with Gasteiger partial charge in [-0.15, -0.1) is 11.8 Å². The van der Waals surface area contributed by atoms with Gasteiger partial charge in [0.25, 0.3) is 0 Å². The Hall–Kier alpha value is -2.02. The van der Waals surface area contributed by atoms with Crippen LogP contribution in [0.3, 0.4) is 0 Å². The van der Waals surface area contributed by atoms with Crippen molar-refractivity contribution in [3.05, 3.63) is 24.4 Å². The number of anilines is 1. The quantitative estimate of drug-likeness (QED) is 0.878. The van der Waals surface area contributed by atoms with Gasteiger partial charge in [-0.05, 0) is 6.07 Å². The first-order valence-electron chi connectivity index (χ1n) is 5.81. The molecule has 1 saturated heterocycles. The highest BCUT2D eigenvalue weighted by Gasteiger charge is 2.23. The first-order chi connectivity index (χ1) is 9.24. The summed E-state index contributed by atoms with van der Waals surface area (Å²) in [5.74, 6) is 0.863. The van der Waals surface area contributed by atoms with E-state index in [1.54, 1.807) is 17.2 Å². The van der Waals surface area contributed by atoms with Gasteiger partial charge in [0, 0.05) is 5.39 Å². The Labute approximate surface area is 113 Å². The summed E-state index contributed by atoms with van der Waals surface area (Å²) in [5.41, 5.74) is 1.47. The molecule has 1 aromatic heterocycles. The third kappa shape index (κ3) is 2.41. The second-order valence-electron chi connectivity index (χ2n) is 4.26. The smallest absolute Gasteiger partial charge is 0.244 e. The number of benzene rings is 1. The van der Waals surface area contributed by atoms with Crippen molar-refractivity contribution in [2.24, 2.45) is 0 Å². The monoisotopic (exact) mass is 276 g/mol. The van der Waals surface area contributed by atoms with E-state index in [2.05, 4.69) is 15.5 Å². The SMILES string of the molecule is O=C(CN1CSCC1=O)Nc1cccc2cn[nH]c12. The Balaban J connectivity index is 1.72. The van der Waals surface area contributed by atoms with Crippen molar-refractivity contribution in [2.45, 2.75) is 0 Å². The van der Waals surface area contributed by atoms with Crippen molar-refractivity contribution in [2.75, 3.05) is 23.5 Å². The molecule has 19 heavy (non-hydrogen) atoms. The van der Waals surface area contributed by atoms with Crippen LogP contribution in [0.25, 0.3) is 10.9 Å². The molecule has 7 heteroatoms. The molecule has 3 rings (SSSR count). The van der Waals surface area contributed by atoms with Gasteiger partial charge < -0.3 is 10.2 Å². The number of aromatic amines is 1. The minimum atomic E-state index is -0.196. The van der Waals surface area contributed by atoms with Gasteiger partial charge in [-0.2, -0.15) is 5.10 Å². The summed E-state index contributed by atoms with van der Waals surface area (Å²) in [5, 5.41) is 10.5. The molecule has 1 aliphatic heterocycles. The van der Waals surface area contributed by atoms with Gasteiger partial charge in [-0.3, -0.25) is 14.7 Å². The van der Waals surface area contributed by atoms with Gasteiger partial charge in [-0.25, -0.2) is 0 Å². The van der Waals surface area contributed by atoms with E-state index < -0.39 is 0 Å². The molecular weight excluding hydrogens is 264 g/mol. The number of rotatable bonds is 3. The Morgan fingerprint density at radius 1 is 1.53 bits per heavy atom. The van der Waals surface area contributed by atoms with Crippen LogP contribution in [-0.2, 0) is 9.59 Å². The first-order valence-corrected chi connectivity index (χ1v) is 6.97. The molecule has 2 amide bonds. The predicted octanol–water partition coefficient (Wildman–Crippen LogP) is 1.03. The van der Waals surface area contributed by atoms with Crippen molar-refractivity contribution in [1.82, 2.24) is 15.1 Å². The zero-order chi connectivity index (χ0) is 13.2. The van der Waals surface area contributed by atoms with Gasteiger partial charge >= 0.3 is 0 Å². The largest absolute Gasteiger partial charge is 0.323 e. The van der Waals surface area contributed by atoms with Crippen molar-refractivity contribution < 1.29 is 9.59 Å². The minimum absolute atomic E-state index is 0.0138. The molecule has 0 radical (unpaired) electrons. The normalized spacial score (nSPS) is 15.2. The number of aromatic nitrogens is 2. The molecule has 0 atom stereocenters. The summed E-state index contributed by atoms with van der Waals surface area (Å²) >= 11 is 1.52. The zero-order valence-electron chi connectivity index (χ0n) is 10.0. The predicted molar refractivity (Wildman–Crippen MR) is 73.8 cm³/mol. The number of carbonyl (C=O) groups excluding carboxylic acids is 2. The molecule has 0 unspecified atom stereocenters. The van der Waals surface area contributed by atoms with E-state index in [0.717, 1.165) is 10.9 Å². The molecular formula is C12H12N4O2S. The molecule has 2 aromatic rings. The number of thioether (sulfide) groups is 1. The summed E-state index contributed by atoms with van der Waals surface area (Å²) in [6.45, 7) is 0.0936. The maximum atomic E-state index is 11.9. The Morgan fingerprint density at radius 2 is 2.42 bits per heavy atom. The summed E-state index contributed by atoms with van der Waals surface area (Å²) < 4.78 is 0. The fraction of sp³-hybridized carbons (Fsp3) is 0.250. The van der Waals surface area contributed by atoms with Crippen LogP contribution in [0, 0.1) is 0 Å². The summed E-state index contributed by atoms with van der Waals surface area (Å²) in [4.78, 5) is 24.9. The number of nitrogens with zero attached hydrogens (tertiary/aromatic N) is 2. The molecule has 0 aliphatic carbocycles. The average Bonchev–Trinajstić information content (AvgIpc) is 3.00. The van der Waals surface area contributed by atoms with Crippen molar-refractivity contribution in [3.8, 4) is 0 Å². The van der Waals surface area contributed by atoms with Crippen molar-refractivity contribution in [1.29, 1.82) is 0 Å². The summed E-state index contributed by atoms with van der Waals surface area (Å²) in [6, 6.07) is 5.57. The second-order valence-corrected chi connectivity index (χ2v) is 5.21. The third-order valence-electron chi connectivity index (χ3n) is 2.91. The number of amides is 2. The van der Waals surface area contributed by atoms with E-state index in [-0.39, 0.29) is 18.4 Å². The molecule has 2 N–H and O–H groups in total. The molecule has 2 heterocycles. The summed E-state index contributed by atoms with van der Waals surface area (Å²) in [7, 11) is 0. The van der Waals surface area contributed by atoms with Gasteiger partial charge in [0.05, 0.1) is 29.0 Å². The number of fused-ring (bicyclic) bond motifs is 1. The zero-order valence-corrected chi connectivity index (χ0v) is 10.9. The van der Waals surface area contributed by atoms with Gasteiger partial charge in [0.2, 0.25) is 11.8 Å². The number of hydrogen-bond acceptors (Lipinski definition) is 4. The van der Waals surface area contributed by atoms with E-state index in [1.165, 1.54) is 11.8 Å². The van der Waals surface area contributed by atoms with Gasteiger partial charge in [-0.1, -0.05) is 12.1 Å². The minimum Gasteiger partial charge on any atom is -0.323 e. The molecule has 1 aromatic carbocycles. The number of carbonyl (C=O) groups is 2. The topological polar surface area (TPSA) is 78.1 Å². The highest BCUT2D eigenvalue weighted by atomic mass is 32.2. The number of nitrogens with one attached hydrogen (secondary N) is 2. The molecule has 0 spiro atoms. The van der Waals surface area contributed by atoms with Gasteiger partial charge in [0.1, 0.15) is 6.54 Å². The highest BCUT2D eigenvalue weighted by molar-refractivity contribution is 8.00. The van der Waals surface area contributed by atoms with E-state index in [4.69, 9.17) is 0 Å². The molecule has 98 valence electrons. The fourth-order valence-corrected chi connectivity index (χ4v) is 2.88. The molecule has 1 aliphatic rings. The molecule has 0 bridgehead atoms. The lowest BCUT2D eigenvalue weighted by atomic mass is 10.2. The Kier molecular flexibility index (Phi) is 3.12. The van der Waals surface area contributed by atoms with E-state index in [1.807, 2.05) is 12.1 Å². The lowest BCUT2D eigenvalue weighted by Crippen LogP contribution is -2.34. The van der Waals surface area contributed by atoms with Crippen molar-refractivity contribution >= 4 is 40.2 Å². The van der Waals surface area contributed by atoms with E-state index >= 15 is 0 Å². The number of para-hydroxylation sites is 1. The van der Waals surface area contributed by atoms with Gasteiger partial charge in [0.15, 0.2) is 0 Å². The van der Waals surface area contributed by atoms with Crippen LogP contribution < -0.4 is 5.32 Å². The van der Waals surface area contributed by atoms with E-state index in [0.29, 0.717) is 17.3 Å². The van der Waals surface area contributed by atoms with Crippen LogP contribution in [0.5, 0.6) is 0 Å². The number of hydrogen-bond donors (Lipinski definition) is 2. The van der Waals surface area contributed by atoms with Crippen LogP contribution in [-0.4, -0.2) is 45.1 Å². The van der Waals surface area contributed by atoms with Crippen LogP contribution >= 0.6 is 11.8 Å². The lowest BCUT2D eigenvalue weighted by Gasteiger charge is -2.14.